The van der Waals surface area contributed by atoms with Crippen LogP contribution in [0.25, 0.3) is 0 Å². The Morgan fingerprint density at radius 1 is 1.27 bits per heavy atom. The van der Waals surface area contributed by atoms with Crippen LogP contribution in [0.15, 0.2) is 34.5 Å². The quantitative estimate of drug-likeness (QED) is 0.739. The van der Waals surface area contributed by atoms with Gasteiger partial charge in [-0.2, -0.15) is 10.2 Å². The first-order valence-electron chi connectivity index (χ1n) is 9.04. The molecule has 2 N–H and O–H groups in total. The number of nitrogens with zero attached hydrogens (tertiary/aromatic N) is 2. The molecule has 1 aromatic rings. The molecule has 0 saturated carbocycles. The van der Waals surface area contributed by atoms with Gasteiger partial charge in [-0.25, -0.2) is 0 Å². The van der Waals surface area contributed by atoms with Crippen molar-refractivity contribution in [3.63, 3.8) is 0 Å². The molecule has 0 radical (unpaired) electrons. The minimum absolute atomic E-state index is 0.174. The topological polar surface area (TPSA) is 82.9 Å². The smallest absolute Gasteiger partial charge is 0.250 e. The predicted octanol–water partition coefficient (Wildman–Crippen LogP) is 2.44. The number of fused-ring (bicyclic) bond motifs is 1. The molecule has 0 saturated heterocycles. The van der Waals surface area contributed by atoms with Crippen molar-refractivity contribution in [3.05, 3.63) is 35.4 Å². The number of amides is 2. The monoisotopic (exact) mass is 352 g/mol. The molecule has 6 heteroatoms. The van der Waals surface area contributed by atoms with E-state index in [0.717, 1.165) is 24.0 Å². The van der Waals surface area contributed by atoms with E-state index in [1.54, 1.807) is 0 Å². The molecule has 1 aliphatic heterocycles. The molecule has 26 heavy (non-hydrogen) atoms. The van der Waals surface area contributed by atoms with Crippen molar-refractivity contribution in [2.75, 3.05) is 6.54 Å². The SMILES string of the molecule is C#CCCC1(CCNC(=O)C2(NC(C)=O)CCCc3ccccc32)N=N1. The highest BCUT2D eigenvalue weighted by atomic mass is 16.2. The third-order valence-corrected chi connectivity index (χ3v) is 5.12. The van der Waals surface area contributed by atoms with E-state index in [4.69, 9.17) is 6.42 Å². The zero-order valence-electron chi connectivity index (χ0n) is 15.0. The summed E-state index contributed by atoms with van der Waals surface area (Å²) in [5.41, 5.74) is 0.567. The lowest BCUT2D eigenvalue weighted by atomic mass is 9.75. The minimum Gasteiger partial charge on any atom is -0.354 e. The Balaban J connectivity index is 1.72. The number of terminal acetylenes is 1. The van der Waals surface area contributed by atoms with E-state index >= 15 is 0 Å². The first-order chi connectivity index (χ1) is 12.5. The Labute approximate surface area is 153 Å². The summed E-state index contributed by atoms with van der Waals surface area (Å²) in [4.78, 5) is 25.0. The maximum atomic E-state index is 13.1. The summed E-state index contributed by atoms with van der Waals surface area (Å²) in [6.45, 7) is 1.89. The number of rotatable bonds is 7. The molecule has 0 fully saturated rings. The Morgan fingerprint density at radius 3 is 2.73 bits per heavy atom. The summed E-state index contributed by atoms with van der Waals surface area (Å²) < 4.78 is 0. The predicted molar refractivity (Wildman–Crippen MR) is 98.2 cm³/mol. The average molecular weight is 352 g/mol. The molecular weight excluding hydrogens is 328 g/mol. The Morgan fingerprint density at radius 2 is 2.04 bits per heavy atom. The zero-order valence-corrected chi connectivity index (χ0v) is 15.0. The number of hydrogen-bond donors (Lipinski definition) is 2. The van der Waals surface area contributed by atoms with Crippen LogP contribution >= 0.6 is 0 Å². The fourth-order valence-corrected chi connectivity index (χ4v) is 3.75. The molecule has 1 aromatic carbocycles. The summed E-state index contributed by atoms with van der Waals surface area (Å²) in [6.07, 6.45) is 9.60. The van der Waals surface area contributed by atoms with Gasteiger partial charge in [0.25, 0.3) is 0 Å². The molecular formula is C20H24N4O2. The number of carbonyl (C=O) groups is 2. The lowest BCUT2D eigenvalue weighted by Gasteiger charge is -2.38. The summed E-state index contributed by atoms with van der Waals surface area (Å²) in [6, 6.07) is 7.83. The van der Waals surface area contributed by atoms with E-state index in [9.17, 15) is 9.59 Å². The van der Waals surface area contributed by atoms with Crippen LogP contribution in [-0.2, 0) is 21.5 Å². The summed E-state index contributed by atoms with van der Waals surface area (Å²) >= 11 is 0. The number of aryl methyl sites for hydroxylation is 1. The van der Waals surface area contributed by atoms with E-state index in [0.29, 0.717) is 32.2 Å². The summed E-state index contributed by atoms with van der Waals surface area (Å²) in [5.74, 6) is 2.21. The van der Waals surface area contributed by atoms with Crippen LogP contribution in [0.1, 0.15) is 50.2 Å². The minimum atomic E-state index is -1.01. The fourth-order valence-electron chi connectivity index (χ4n) is 3.75. The maximum absolute atomic E-state index is 13.1. The van der Waals surface area contributed by atoms with Crippen molar-refractivity contribution in [3.8, 4) is 12.3 Å². The van der Waals surface area contributed by atoms with Gasteiger partial charge in [-0.1, -0.05) is 24.3 Å². The number of hydrogen-bond acceptors (Lipinski definition) is 4. The van der Waals surface area contributed by atoms with Crippen LogP contribution in [-0.4, -0.2) is 24.0 Å². The first kappa shape index (κ1) is 18.1. The zero-order chi connectivity index (χ0) is 18.6. The second kappa shape index (κ2) is 7.28. The molecule has 6 nitrogen and oxygen atoms in total. The van der Waals surface area contributed by atoms with Crippen LogP contribution in [0.4, 0.5) is 0 Å². The van der Waals surface area contributed by atoms with Crippen LogP contribution in [0.5, 0.6) is 0 Å². The van der Waals surface area contributed by atoms with Crippen LogP contribution in [0.2, 0.25) is 0 Å². The van der Waals surface area contributed by atoms with Crippen molar-refractivity contribution >= 4 is 11.8 Å². The van der Waals surface area contributed by atoms with Gasteiger partial charge in [-0.3, -0.25) is 9.59 Å². The van der Waals surface area contributed by atoms with Crippen LogP contribution < -0.4 is 10.6 Å². The van der Waals surface area contributed by atoms with Crippen molar-refractivity contribution < 1.29 is 9.59 Å². The Kier molecular flexibility index (Phi) is 5.08. The highest BCUT2D eigenvalue weighted by Gasteiger charge is 2.45. The molecule has 2 aliphatic rings. The molecule has 1 unspecified atom stereocenters. The lowest BCUT2D eigenvalue weighted by Crippen LogP contribution is -2.57. The second-order valence-corrected chi connectivity index (χ2v) is 6.99. The van der Waals surface area contributed by atoms with Crippen molar-refractivity contribution in [2.45, 2.75) is 56.7 Å². The maximum Gasteiger partial charge on any atom is 0.250 e. The van der Waals surface area contributed by atoms with Gasteiger partial charge in [0.1, 0.15) is 5.54 Å². The largest absolute Gasteiger partial charge is 0.354 e. The molecule has 136 valence electrons. The molecule has 1 heterocycles. The highest BCUT2D eigenvalue weighted by Crippen LogP contribution is 2.37. The van der Waals surface area contributed by atoms with Crippen molar-refractivity contribution in [1.82, 2.24) is 10.6 Å². The van der Waals surface area contributed by atoms with E-state index < -0.39 is 11.2 Å². The van der Waals surface area contributed by atoms with E-state index in [-0.39, 0.29) is 11.8 Å². The van der Waals surface area contributed by atoms with Crippen molar-refractivity contribution in [2.24, 2.45) is 10.2 Å². The Hall–Kier alpha value is -2.68. The first-order valence-corrected chi connectivity index (χ1v) is 9.04. The molecule has 2 amide bonds. The normalized spacial score (nSPS) is 22.0. The molecule has 1 aliphatic carbocycles. The molecule has 0 spiro atoms. The van der Waals surface area contributed by atoms with Crippen LogP contribution in [0, 0.1) is 12.3 Å². The van der Waals surface area contributed by atoms with Gasteiger partial charge in [0.2, 0.25) is 11.8 Å². The lowest BCUT2D eigenvalue weighted by molar-refractivity contribution is -0.134. The average Bonchev–Trinajstić information content (AvgIpc) is 3.40. The van der Waals surface area contributed by atoms with Crippen LogP contribution in [0.3, 0.4) is 0 Å². The molecule has 1 atom stereocenters. The third kappa shape index (κ3) is 3.62. The van der Waals surface area contributed by atoms with Crippen molar-refractivity contribution in [1.29, 1.82) is 0 Å². The third-order valence-electron chi connectivity index (χ3n) is 5.12. The van der Waals surface area contributed by atoms with Gasteiger partial charge in [-0.05, 0) is 30.4 Å². The second-order valence-electron chi connectivity index (χ2n) is 6.99. The highest BCUT2D eigenvalue weighted by molar-refractivity contribution is 5.92. The van der Waals surface area contributed by atoms with Gasteiger partial charge in [0, 0.05) is 32.7 Å². The Bertz CT molecular complexity index is 774. The molecule has 0 bridgehead atoms. The summed E-state index contributed by atoms with van der Waals surface area (Å²) in [5, 5.41) is 14.1. The van der Waals surface area contributed by atoms with Gasteiger partial charge in [0.05, 0.1) is 0 Å². The van der Waals surface area contributed by atoms with E-state index in [1.165, 1.54) is 6.92 Å². The van der Waals surface area contributed by atoms with E-state index in [1.807, 2.05) is 24.3 Å². The number of benzene rings is 1. The van der Waals surface area contributed by atoms with E-state index in [2.05, 4.69) is 26.8 Å². The van der Waals surface area contributed by atoms with Gasteiger partial charge >= 0.3 is 0 Å². The molecule has 0 aromatic heterocycles. The summed E-state index contributed by atoms with van der Waals surface area (Å²) in [7, 11) is 0. The van der Waals surface area contributed by atoms with Gasteiger partial charge < -0.3 is 10.6 Å². The fraction of sp³-hybridized carbons (Fsp3) is 0.500. The molecule has 3 rings (SSSR count). The number of nitrogens with one attached hydrogen (secondary N) is 2. The standard InChI is InChI=1S/C20H24N4O2/c1-3-4-11-19(23-24-19)13-14-21-18(26)20(22-15(2)25)12-7-9-16-8-5-6-10-17(16)20/h1,5-6,8,10H,4,7,9,11-14H2,2H3,(H,21,26)(H,22,25). The van der Waals surface area contributed by atoms with Gasteiger partial charge in [0.15, 0.2) is 5.66 Å². The number of carbonyl (C=O) groups excluding carboxylic acids is 2. The van der Waals surface area contributed by atoms with Gasteiger partial charge in [-0.15, -0.1) is 12.3 Å².